The molecule has 0 bridgehead atoms. The van der Waals surface area contributed by atoms with Gasteiger partial charge in [0.2, 0.25) is 0 Å². The smallest absolute Gasteiger partial charge is 0.0911 e. The fraction of sp³-hybridized carbons (Fsp3) is 0.250. The molecule has 0 aliphatic rings. The fourth-order valence-corrected chi connectivity index (χ4v) is 1.84. The zero-order valence-electron chi connectivity index (χ0n) is 9.07. The number of hydrogen-bond donors (Lipinski definition) is 1. The van der Waals surface area contributed by atoms with E-state index in [1.54, 1.807) is 0 Å². The molecule has 1 aromatic carbocycles. The summed E-state index contributed by atoms with van der Waals surface area (Å²) >= 11 is 0. The molecule has 0 aliphatic heterocycles. The number of aromatic nitrogens is 2. The zero-order chi connectivity index (χ0) is 10.8. The monoisotopic (exact) mass is 201 g/mol. The summed E-state index contributed by atoms with van der Waals surface area (Å²) in [4.78, 5) is 0. The predicted molar refractivity (Wildman–Crippen MR) is 62.7 cm³/mol. The van der Waals surface area contributed by atoms with Crippen molar-refractivity contribution in [2.24, 2.45) is 7.05 Å². The normalized spacial score (nSPS) is 12.9. The molecular weight excluding hydrogens is 186 g/mol. The number of nitrogens with one attached hydrogen (secondary N) is 1. The highest BCUT2D eigenvalue weighted by molar-refractivity contribution is 5.82. The first-order valence-corrected chi connectivity index (χ1v) is 4.99. The largest absolute Gasteiger partial charge is 0.308 e. The molecule has 78 valence electrons. The van der Waals surface area contributed by atoms with Gasteiger partial charge in [0.25, 0.3) is 0 Å². The highest BCUT2D eigenvalue weighted by atomic mass is 15.3. The number of likely N-dealkylation sites (N-methyl/N-ethyl adjacent to an activating group) is 1. The van der Waals surface area contributed by atoms with Gasteiger partial charge in [0.05, 0.1) is 17.3 Å². The third-order valence-electron chi connectivity index (χ3n) is 2.63. The number of hydrogen-bond acceptors (Lipinski definition) is 2. The fourth-order valence-electron chi connectivity index (χ4n) is 1.84. The summed E-state index contributed by atoms with van der Waals surface area (Å²) < 4.78 is 1.90. The summed E-state index contributed by atoms with van der Waals surface area (Å²) in [5, 5.41) is 8.87. The van der Waals surface area contributed by atoms with Crippen molar-refractivity contribution in [3.63, 3.8) is 0 Å². The maximum absolute atomic E-state index is 4.51. The molecule has 0 saturated heterocycles. The molecule has 0 aliphatic carbocycles. The lowest BCUT2D eigenvalue weighted by atomic mass is 10.1. The van der Waals surface area contributed by atoms with Gasteiger partial charge in [0, 0.05) is 12.4 Å². The van der Waals surface area contributed by atoms with Gasteiger partial charge in [0.15, 0.2) is 0 Å². The van der Waals surface area contributed by atoms with Gasteiger partial charge in [-0.3, -0.25) is 4.68 Å². The van der Waals surface area contributed by atoms with Gasteiger partial charge >= 0.3 is 0 Å². The molecule has 1 aromatic heterocycles. The minimum absolute atomic E-state index is 0.107. The Hall–Kier alpha value is -1.61. The molecule has 15 heavy (non-hydrogen) atoms. The van der Waals surface area contributed by atoms with Crippen molar-refractivity contribution in [3.8, 4) is 0 Å². The van der Waals surface area contributed by atoms with Crippen LogP contribution in [0.15, 0.2) is 36.9 Å². The highest BCUT2D eigenvalue weighted by Gasteiger charge is 2.13. The van der Waals surface area contributed by atoms with Gasteiger partial charge in [0.1, 0.15) is 0 Å². The van der Waals surface area contributed by atoms with Crippen molar-refractivity contribution < 1.29 is 0 Å². The van der Waals surface area contributed by atoms with E-state index in [9.17, 15) is 0 Å². The summed E-state index contributed by atoms with van der Waals surface area (Å²) in [6.07, 6.45) is 1.87. The lowest BCUT2D eigenvalue weighted by molar-refractivity contribution is 0.666. The number of benzene rings is 1. The topological polar surface area (TPSA) is 29.9 Å². The van der Waals surface area contributed by atoms with Crippen molar-refractivity contribution in [1.29, 1.82) is 0 Å². The van der Waals surface area contributed by atoms with E-state index in [2.05, 4.69) is 29.1 Å². The van der Waals surface area contributed by atoms with Gasteiger partial charge in [-0.05, 0) is 13.1 Å². The van der Waals surface area contributed by atoms with Crippen LogP contribution in [-0.4, -0.2) is 16.8 Å². The first-order chi connectivity index (χ1) is 7.27. The van der Waals surface area contributed by atoms with E-state index in [0.717, 1.165) is 11.2 Å². The molecule has 3 nitrogen and oxygen atoms in total. The Kier molecular flexibility index (Phi) is 2.56. The van der Waals surface area contributed by atoms with Crippen LogP contribution >= 0.6 is 0 Å². The van der Waals surface area contributed by atoms with Gasteiger partial charge in [-0.2, -0.15) is 5.10 Å². The molecule has 1 heterocycles. The van der Waals surface area contributed by atoms with Crippen LogP contribution in [0.3, 0.4) is 0 Å². The Morgan fingerprint density at radius 3 is 2.87 bits per heavy atom. The second-order valence-electron chi connectivity index (χ2n) is 3.53. The highest BCUT2D eigenvalue weighted by Crippen LogP contribution is 2.23. The first-order valence-electron chi connectivity index (χ1n) is 4.99. The Balaban J connectivity index is 2.66. The number of aryl methyl sites for hydroxylation is 1. The van der Waals surface area contributed by atoms with E-state index in [1.807, 2.05) is 37.0 Å². The van der Waals surface area contributed by atoms with E-state index in [0.29, 0.717) is 0 Å². The lowest BCUT2D eigenvalue weighted by Crippen LogP contribution is -2.14. The van der Waals surface area contributed by atoms with Crippen LogP contribution in [0.1, 0.15) is 11.7 Å². The van der Waals surface area contributed by atoms with Crippen LogP contribution in [0, 0.1) is 0 Å². The maximum atomic E-state index is 4.51. The standard InChI is InChI=1S/C12H15N3/c1-4-10(13-2)12-9-7-5-6-8-11(9)15(3)14-12/h4-8,10,13H,1H2,2-3H3. The van der Waals surface area contributed by atoms with Crippen molar-refractivity contribution in [3.05, 3.63) is 42.6 Å². The molecule has 0 amide bonds. The second-order valence-corrected chi connectivity index (χ2v) is 3.53. The molecule has 2 rings (SSSR count). The zero-order valence-corrected chi connectivity index (χ0v) is 9.07. The lowest BCUT2D eigenvalue weighted by Gasteiger charge is -2.07. The molecule has 1 atom stereocenters. The number of para-hydroxylation sites is 1. The minimum atomic E-state index is 0.107. The van der Waals surface area contributed by atoms with Gasteiger partial charge in [-0.15, -0.1) is 6.58 Å². The van der Waals surface area contributed by atoms with Crippen molar-refractivity contribution in [2.75, 3.05) is 7.05 Å². The summed E-state index contributed by atoms with van der Waals surface area (Å²) in [6.45, 7) is 3.81. The van der Waals surface area contributed by atoms with Crippen molar-refractivity contribution >= 4 is 10.9 Å². The molecule has 1 unspecified atom stereocenters. The SMILES string of the molecule is C=CC(NC)c1nn(C)c2ccccc12. The van der Waals surface area contributed by atoms with Crippen LogP contribution in [0.5, 0.6) is 0 Å². The van der Waals surface area contributed by atoms with Gasteiger partial charge < -0.3 is 5.32 Å². The molecule has 1 N–H and O–H groups in total. The van der Waals surface area contributed by atoms with Crippen LogP contribution in [0.2, 0.25) is 0 Å². The number of rotatable bonds is 3. The van der Waals surface area contributed by atoms with Crippen molar-refractivity contribution in [2.45, 2.75) is 6.04 Å². The minimum Gasteiger partial charge on any atom is -0.308 e. The van der Waals surface area contributed by atoms with E-state index >= 15 is 0 Å². The molecule has 0 saturated carbocycles. The predicted octanol–water partition coefficient (Wildman–Crippen LogP) is 2.02. The van der Waals surface area contributed by atoms with E-state index in [1.165, 1.54) is 5.39 Å². The summed E-state index contributed by atoms with van der Waals surface area (Å²) in [5.74, 6) is 0. The molecule has 3 heteroatoms. The summed E-state index contributed by atoms with van der Waals surface area (Å²) in [7, 11) is 3.87. The summed E-state index contributed by atoms with van der Waals surface area (Å²) in [5.41, 5.74) is 2.18. The van der Waals surface area contributed by atoms with Gasteiger partial charge in [-0.25, -0.2) is 0 Å². The van der Waals surface area contributed by atoms with E-state index in [4.69, 9.17) is 0 Å². The van der Waals surface area contributed by atoms with Crippen LogP contribution in [0.4, 0.5) is 0 Å². The second kappa shape index (κ2) is 3.87. The van der Waals surface area contributed by atoms with Crippen LogP contribution in [0.25, 0.3) is 10.9 Å². The number of fused-ring (bicyclic) bond motifs is 1. The average molecular weight is 201 g/mol. The molecule has 0 radical (unpaired) electrons. The summed E-state index contributed by atoms with van der Waals surface area (Å²) in [6, 6.07) is 8.32. The average Bonchev–Trinajstić information content (AvgIpc) is 2.60. The quantitative estimate of drug-likeness (QED) is 0.770. The number of nitrogens with zero attached hydrogens (tertiary/aromatic N) is 2. The van der Waals surface area contributed by atoms with Crippen molar-refractivity contribution in [1.82, 2.24) is 15.1 Å². The van der Waals surface area contributed by atoms with Crippen LogP contribution < -0.4 is 5.32 Å². The van der Waals surface area contributed by atoms with Gasteiger partial charge in [-0.1, -0.05) is 24.3 Å². The van der Waals surface area contributed by atoms with E-state index in [-0.39, 0.29) is 6.04 Å². The Labute approximate surface area is 89.4 Å². The molecule has 0 fully saturated rings. The Morgan fingerprint density at radius 2 is 2.20 bits per heavy atom. The maximum Gasteiger partial charge on any atom is 0.0911 e. The molecule has 2 aromatic rings. The Morgan fingerprint density at radius 1 is 1.47 bits per heavy atom. The molecule has 0 spiro atoms. The third kappa shape index (κ3) is 1.55. The van der Waals surface area contributed by atoms with Crippen LogP contribution in [-0.2, 0) is 7.05 Å². The first kappa shape index (κ1) is 9.93. The Bertz CT molecular complexity index is 485. The molecular formula is C12H15N3. The van der Waals surface area contributed by atoms with E-state index < -0.39 is 0 Å². The third-order valence-corrected chi connectivity index (χ3v) is 2.63.